The lowest BCUT2D eigenvalue weighted by molar-refractivity contribution is -0.141. The van der Waals surface area contributed by atoms with Crippen LogP contribution in [0.4, 0.5) is 15.0 Å². The maximum absolute atomic E-state index is 13.7. The van der Waals surface area contributed by atoms with Gasteiger partial charge in [-0.05, 0) is 57.9 Å². The van der Waals surface area contributed by atoms with E-state index in [0.717, 1.165) is 55.4 Å². The van der Waals surface area contributed by atoms with Gasteiger partial charge in [0.1, 0.15) is 18.2 Å². The quantitative estimate of drug-likeness (QED) is 0.460. The van der Waals surface area contributed by atoms with Crippen molar-refractivity contribution in [2.24, 2.45) is 0 Å². The van der Waals surface area contributed by atoms with Crippen molar-refractivity contribution in [3.63, 3.8) is 0 Å². The summed E-state index contributed by atoms with van der Waals surface area (Å²) in [4.78, 5) is 31.4. The third-order valence-electron chi connectivity index (χ3n) is 6.61. The van der Waals surface area contributed by atoms with E-state index in [4.69, 9.17) is 9.84 Å². The van der Waals surface area contributed by atoms with E-state index >= 15 is 0 Å². The van der Waals surface area contributed by atoms with Crippen LogP contribution in [0.2, 0.25) is 0 Å². The fraction of sp³-hybridized carbons (Fsp3) is 0.593. The molecule has 0 unspecified atom stereocenters. The molecule has 1 fully saturated rings. The number of rotatable bonds is 11. The second kappa shape index (κ2) is 13.4. The molecule has 0 spiro atoms. The highest BCUT2D eigenvalue weighted by molar-refractivity contribution is 5.81. The van der Waals surface area contributed by atoms with Crippen molar-refractivity contribution in [2.45, 2.75) is 60.0 Å². The number of piperazine rings is 1. The normalized spacial score (nSPS) is 14.2. The Morgan fingerprint density at radius 1 is 1.11 bits per heavy atom. The van der Waals surface area contributed by atoms with Crippen LogP contribution in [0.1, 0.15) is 52.3 Å². The molecule has 0 aliphatic carbocycles. The van der Waals surface area contributed by atoms with Gasteiger partial charge in [-0.15, -0.1) is 0 Å². The van der Waals surface area contributed by atoms with Crippen molar-refractivity contribution in [3.05, 3.63) is 41.3 Å². The molecule has 0 bridgehead atoms. The molecule has 10 heteroatoms. The number of aromatic nitrogens is 2. The van der Waals surface area contributed by atoms with E-state index in [-0.39, 0.29) is 25.0 Å². The van der Waals surface area contributed by atoms with Crippen LogP contribution in [-0.4, -0.2) is 83.5 Å². The lowest BCUT2D eigenvalue weighted by Gasteiger charge is -2.38. The molecule has 2 aromatic rings. The predicted molar refractivity (Wildman–Crippen MR) is 143 cm³/mol. The van der Waals surface area contributed by atoms with Crippen LogP contribution in [0.3, 0.4) is 0 Å². The average molecular weight is 517 g/mol. The highest BCUT2D eigenvalue weighted by Crippen LogP contribution is 2.31. The fourth-order valence-electron chi connectivity index (χ4n) is 4.65. The molecule has 1 aliphatic heterocycles. The molecule has 1 aliphatic rings. The highest BCUT2D eigenvalue weighted by atomic mass is 19.1. The smallest absolute Gasteiger partial charge is 0.325 e. The minimum absolute atomic E-state index is 0.174. The van der Waals surface area contributed by atoms with Gasteiger partial charge in [-0.25, -0.2) is 13.9 Å². The minimum atomic E-state index is -0.464. The number of esters is 1. The molecule has 1 aromatic carbocycles. The van der Waals surface area contributed by atoms with Crippen LogP contribution in [-0.2, 0) is 22.5 Å². The third-order valence-corrected chi connectivity index (χ3v) is 6.61. The number of hydrogen-bond donors (Lipinski definition) is 1. The number of nitrogens with one attached hydrogen (secondary N) is 1. The van der Waals surface area contributed by atoms with Gasteiger partial charge in [0.15, 0.2) is 0 Å². The Balaban J connectivity index is 1.97. The van der Waals surface area contributed by atoms with Crippen LogP contribution in [0.15, 0.2) is 24.3 Å². The Morgan fingerprint density at radius 2 is 1.78 bits per heavy atom. The number of carbonyl (C=O) groups excluding carboxylic acids is 2. The molecule has 0 saturated carbocycles. The van der Waals surface area contributed by atoms with Crippen molar-refractivity contribution in [2.75, 3.05) is 50.8 Å². The number of ether oxygens (including phenoxy) is 1. The van der Waals surface area contributed by atoms with E-state index < -0.39 is 5.97 Å². The Morgan fingerprint density at radius 3 is 2.35 bits per heavy atom. The van der Waals surface area contributed by atoms with Crippen LogP contribution >= 0.6 is 0 Å². The summed E-state index contributed by atoms with van der Waals surface area (Å²) >= 11 is 0. The first-order valence-electron chi connectivity index (χ1n) is 13.3. The molecule has 1 N–H and O–H groups in total. The SMILES string of the molecule is CCCN(Cc1c(CC)nn(-c2ccc(F)cc2)c1N1CCN(C(C)C)CC1)C(=O)NCC(=O)OCC. The lowest BCUT2D eigenvalue weighted by atomic mass is 10.1. The van der Waals surface area contributed by atoms with Gasteiger partial charge in [0.25, 0.3) is 0 Å². The summed E-state index contributed by atoms with van der Waals surface area (Å²) in [6.45, 7) is 14.7. The first kappa shape index (κ1) is 28.4. The summed E-state index contributed by atoms with van der Waals surface area (Å²) in [5, 5.41) is 7.63. The maximum Gasteiger partial charge on any atom is 0.325 e. The number of urea groups is 1. The number of hydrogen-bond acceptors (Lipinski definition) is 6. The van der Waals surface area contributed by atoms with Gasteiger partial charge in [0, 0.05) is 44.3 Å². The van der Waals surface area contributed by atoms with Crippen LogP contribution in [0.5, 0.6) is 0 Å². The molecule has 1 aromatic heterocycles. The summed E-state index contributed by atoms with van der Waals surface area (Å²) < 4.78 is 20.6. The topological polar surface area (TPSA) is 82.9 Å². The summed E-state index contributed by atoms with van der Waals surface area (Å²) in [6, 6.07) is 6.49. The van der Waals surface area contributed by atoms with E-state index in [1.54, 1.807) is 24.0 Å². The van der Waals surface area contributed by atoms with E-state index in [2.05, 4.69) is 29.0 Å². The van der Waals surface area contributed by atoms with Gasteiger partial charge in [-0.1, -0.05) is 13.8 Å². The van der Waals surface area contributed by atoms with Gasteiger partial charge in [-0.3, -0.25) is 9.69 Å². The molecule has 204 valence electrons. The lowest BCUT2D eigenvalue weighted by Crippen LogP contribution is -2.49. The van der Waals surface area contributed by atoms with Crippen molar-refractivity contribution < 1.29 is 18.7 Å². The largest absolute Gasteiger partial charge is 0.465 e. The van der Waals surface area contributed by atoms with Gasteiger partial charge in [0.05, 0.1) is 24.5 Å². The third kappa shape index (κ3) is 7.21. The second-order valence-electron chi connectivity index (χ2n) is 9.49. The molecular formula is C27H41FN6O3. The zero-order valence-electron chi connectivity index (χ0n) is 22.8. The van der Waals surface area contributed by atoms with E-state index in [1.807, 2.05) is 18.5 Å². The standard InChI is InChI=1S/C27H41FN6O3/c1-6-13-33(27(36)29-18-25(35)37-8-3)19-23-24(7-2)30-34(22-11-9-21(28)10-12-22)26(23)32-16-14-31(15-17-32)20(4)5/h9-12,20H,6-8,13-19H2,1-5H3,(H,29,36). The van der Waals surface area contributed by atoms with Crippen molar-refractivity contribution >= 4 is 17.8 Å². The van der Waals surface area contributed by atoms with Gasteiger partial charge < -0.3 is 19.9 Å². The molecule has 1 saturated heterocycles. The van der Waals surface area contributed by atoms with Crippen molar-refractivity contribution in [1.29, 1.82) is 0 Å². The predicted octanol–water partition coefficient (Wildman–Crippen LogP) is 3.59. The molecule has 0 radical (unpaired) electrons. The minimum Gasteiger partial charge on any atom is -0.465 e. The number of carbonyl (C=O) groups is 2. The van der Waals surface area contributed by atoms with Crippen molar-refractivity contribution in [3.8, 4) is 5.69 Å². The molecule has 2 amide bonds. The number of halogens is 1. The average Bonchev–Trinajstić information content (AvgIpc) is 3.25. The van der Waals surface area contributed by atoms with Crippen LogP contribution in [0, 0.1) is 5.82 Å². The number of aryl methyl sites for hydroxylation is 1. The number of amides is 2. The molecular weight excluding hydrogens is 475 g/mol. The zero-order chi connectivity index (χ0) is 26.9. The molecule has 0 atom stereocenters. The van der Waals surface area contributed by atoms with E-state index in [0.29, 0.717) is 25.6 Å². The molecule has 9 nitrogen and oxygen atoms in total. The number of benzene rings is 1. The Hall–Kier alpha value is -3.14. The Kier molecular flexibility index (Phi) is 10.3. The van der Waals surface area contributed by atoms with E-state index in [9.17, 15) is 14.0 Å². The first-order chi connectivity index (χ1) is 17.8. The molecule has 3 rings (SSSR count). The Labute approximate surface area is 219 Å². The van der Waals surface area contributed by atoms with Crippen LogP contribution in [0.25, 0.3) is 5.69 Å². The van der Waals surface area contributed by atoms with Gasteiger partial charge >= 0.3 is 12.0 Å². The summed E-state index contributed by atoms with van der Waals surface area (Å²) in [5.74, 6) is 0.173. The first-order valence-corrected chi connectivity index (χ1v) is 13.3. The molecule has 2 heterocycles. The monoisotopic (exact) mass is 516 g/mol. The summed E-state index contributed by atoms with van der Waals surface area (Å²) in [7, 11) is 0. The van der Waals surface area contributed by atoms with Crippen molar-refractivity contribution in [1.82, 2.24) is 24.9 Å². The van der Waals surface area contributed by atoms with Gasteiger partial charge in [-0.2, -0.15) is 5.10 Å². The van der Waals surface area contributed by atoms with Crippen LogP contribution < -0.4 is 10.2 Å². The highest BCUT2D eigenvalue weighted by Gasteiger charge is 2.29. The fourth-order valence-corrected chi connectivity index (χ4v) is 4.65. The number of nitrogens with zero attached hydrogens (tertiary/aromatic N) is 5. The molecule has 37 heavy (non-hydrogen) atoms. The summed E-state index contributed by atoms with van der Waals surface area (Å²) in [5.41, 5.74) is 2.65. The van der Waals surface area contributed by atoms with Gasteiger partial charge in [0.2, 0.25) is 0 Å². The Bertz CT molecular complexity index is 1030. The maximum atomic E-state index is 13.7. The second-order valence-corrected chi connectivity index (χ2v) is 9.49. The number of anilines is 1. The van der Waals surface area contributed by atoms with E-state index in [1.165, 1.54) is 12.1 Å². The zero-order valence-corrected chi connectivity index (χ0v) is 22.8. The summed E-state index contributed by atoms with van der Waals surface area (Å²) in [6.07, 6.45) is 1.45.